The highest BCUT2D eigenvalue weighted by Gasteiger charge is 2.27. The van der Waals surface area contributed by atoms with Crippen molar-refractivity contribution in [3.05, 3.63) is 58.7 Å². The number of nitrogens with zero attached hydrogens (tertiary/aromatic N) is 1. The van der Waals surface area contributed by atoms with E-state index in [0.717, 1.165) is 22.6 Å². The van der Waals surface area contributed by atoms with E-state index in [0.29, 0.717) is 12.2 Å². The third-order valence-electron chi connectivity index (χ3n) is 5.24. The second kappa shape index (κ2) is 7.55. The van der Waals surface area contributed by atoms with E-state index in [-0.39, 0.29) is 16.8 Å². The Bertz CT molecular complexity index is 850. The van der Waals surface area contributed by atoms with Crippen LogP contribution in [-0.2, 0) is 11.8 Å². The van der Waals surface area contributed by atoms with Crippen LogP contribution in [0.25, 0.3) is 0 Å². The van der Waals surface area contributed by atoms with Crippen LogP contribution in [0.4, 0.5) is 0 Å². The van der Waals surface area contributed by atoms with E-state index in [1.165, 1.54) is 11.1 Å². The first kappa shape index (κ1) is 19.8. The van der Waals surface area contributed by atoms with E-state index in [2.05, 4.69) is 52.0 Å². The highest BCUT2D eigenvalue weighted by Crippen LogP contribution is 2.37. The number of fused-ring (bicyclic) bond motifs is 1. The molecule has 0 aliphatic carbocycles. The number of halogens is 1. The van der Waals surface area contributed by atoms with E-state index in [4.69, 9.17) is 26.1 Å². The third kappa shape index (κ3) is 3.98. The van der Waals surface area contributed by atoms with Gasteiger partial charge in [0.2, 0.25) is 0 Å². The van der Waals surface area contributed by atoms with E-state index in [9.17, 15) is 0 Å². The molecule has 3 nitrogen and oxygen atoms in total. The van der Waals surface area contributed by atoms with Crippen LogP contribution in [-0.4, -0.2) is 25.4 Å². The smallest absolute Gasteiger partial charge is 0.161 e. The van der Waals surface area contributed by atoms with Gasteiger partial charge >= 0.3 is 0 Å². The van der Waals surface area contributed by atoms with Gasteiger partial charge in [0, 0.05) is 17.9 Å². The molecule has 3 rings (SSSR count). The van der Waals surface area contributed by atoms with Crippen molar-refractivity contribution in [1.82, 2.24) is 0 Å². The molecule has 2 aromatic carbocycles. The molecule has 0 fully saturated rings. The maximum atomic E-state index is 6.47. The molecule has 0 spiro atoms. The van der Waals surface area contributed by atoms with Crippen molar-refractivity contribution in [2.24, 2.45) is 4.99 Å². The van der Waals surface area contributed by atoms with Gasteiger partial charge in [-0.2, -0.15) is 0 Å². The first-order valence-corrected chi connectivity index (χ1v) is 9.75. The van der Waals surface area contributed by atoms with Crippen molar-refractivity contribution < 1.29 is 9.47 Å². The topological polar surface area (TPSA) is 30.8 Å². The largest absolute Gasteiger partial charge is 0.493 e. The SMILES string of the molecule is COc1cc2c(cc1OC)C(C(C)c1ccc(C(C)(C)C)cc1)=NC(Cl)C2. The number of ether oxygens (including phenoxy) is 2. The fourth-order valence-electron chi connectivity index (χ4n) is 3.55. The molecule has 0 aromatic heterocycles. The number of aliphatic imine (C=N–C) groups is 1. The van der Waals surface area contributed by atoms with Crippen molar-refractivity contribution in [2.45, 2.75) is 50.9 Å². The Morgan fingerprint density at radius 3 is 2.19 bits per heavy atom. The van der Waals surface area contributed by atoms with Gasteiger partial charge in [-0.3, -0.25) is 4.99 Å². The monoisotopic (exact) mass is 385 g/mol. The van der Waals surface area contributed by atoms with Gasteiger partial charge in [0.25, 0.3) is 0 Å². The molecule has 27 heavy (non-hydrogen) atoms. The molecular formula is C23H28ClNO2. The lowest BCUT2D eigenvalue weighted by Crippen LogP contribution is -2.22. The number of hydrogen-bond donors (Lipinski definition) is 0. The van der Waals surface area contributed by atoms with Crippen molar-refractivity contribution >= 4 is 17.3 Å². The van der Waals surface area contributed by atoms with Crippen molar-refractivity contribution in [3.8, 4) is 11.5 Å². The molecule has 1 aliphatic heterocycles. The van der Waals surface area contributed by atoms with E-state index >= 15 is 0 Å². The van der Waals surface area contributed by atoms with Crippen LogP contribution in [0.3, 0.4) is 0 Å². The summed E-state index contributed by atoms with van der Waals surface area (Å²) in [7, 11) is 3.31. The first-order valence-electron chi connectivity index (χ1n) is 9.32. The fourth-order valence-corrected chi connectivity index (χ4v) is 3.82. The summed E-state index contributed by atoms with van der Waals surface area (Å²) in [4.78, 5) is 4.79. The quantitative estimate of drug-likeness (QED) is 0.498. The van der Waals surface area contributed by atoms with Gasteiger partial charge in [0.15, 0.2) is 11.5 Å². The Hall–Kier alpha value is -2.00. The average molecular weight is 386 g/mol. The zero-order valence-corrected chi connectivity index (χ0v) is 17.7. The minimum absolute atomic E-state index is 0.136. The summed E-state index contributed by atoms with van der Waals surface area (Å²) in [5.74, 6) is 1.58. The average Bonchev–Trinajstić information content (AvgIpc) is 2.65. The second-order valence-electron chi connectivity index (χ2n) is 8.11. The van der Waals surface area contributed by atoms with Gasteiger partial charge in [0.1, 0.15) is 5.50 Å². The fraction of sp³-hybridized carbons (Fsp3) is 0.435. The lowest BCUT2D eigenvalue weighted by molar-refractivity contribution is 0.354. The van der Waals surface area contributed by atoms with Crippen molar-refractivity contribution in [3.63, 3.8) is 0 Å². The molecule has 4 heteroatoms. The molecule has 0 bridgehead atoms. The van der Waals surface area contributed by atoms with Crippen LogP contribution >= 0.6 is 11.6 Å². The summed E-state index contributed by atoms with van der Waals surface area (Å²) in [6.45, 7) is 8.86. The van der Waals surface area contributed by atoms with Gasteiger partial charge < -0.3 is 9.47 Å². The maximum absolute atomic E-state index is 6.47. The Labute approximate surface area is 167 Å². The highest BCUT2D eigenvalue weighted by atomic mass is 35.5. The standard InChI is InChI=1S/C23H28ClNO2/c1-14(15-7-9-17(10-8-15)23(2,3)4)22-18-13-20(27-6)19(26-5)11-16(18)12-21(24)25-22/h7-11,13-14,21H,12H2,1-6H3. The summed E-state index contributed by atoms with van der Waals surface area (Å²) in [6.07, 6.45) is 0.691. The summed E-state index contributed by atoms with van der Waals surface area (Å²) >= 11 is 6.47. The van der Waals surface area contributed by atoms with Crippen LogP contribution in [0, 0.1) is 0 Å². The number of rotatable bonds is 4. The molecule has 0 N–H and O–H groups in total. The molecule has 0 radical (unpaired) electrons. The predicted molar refractivity (Wildman–Crippen MR) is 113 cm³/mol. The van der Waals surface area contributed by atoms with Crippen LogP contribution in [0.5, 0.6) is 11.5 Å². The molecule has 0 saturated heterocycles. The third-order valence-corrected chi connectivity index (χ3v) is 5.49. The first-order chi connectivity index (χ1) is 12.7. The number of hydrogen-bond acceptors (Lipinski definition) is 3. The summed E-state index contributed by atoms with van der Waals surface area (Å²) in [6, 6.07) is 12.9. The lowest BCUT2D eigenvalue weighted by Gasteiger charge is -2.26. The van der Waals surface area contributed by atoms with Crippen LogP contribution in [0.2, 0.25) is 0 Å². The number of alkyl halides is 1. The normalized spacial score (nSPS) is 17.7. The minimum atomic E-state index is -0.262. The minimum Gasteiger partial charge on any atom is -0.493 e. The molecule has 0 saturated carbocycles. The van der Waals surface area contributed by atoms with Crippen LogP contribution in [0.15, 0.2) is 41.4 Å². The van der Waals surface area contributed by atoms with Gasteiger partial charge in [-0.1, -0.05) is 63.6 Å². The molecule has 144 valence electrons. The van der Waals surface area contributed by atoms with E-state index < -0.39 is 0 Å². The van der Waals surface area contributed by atoms with E-state index in [1.54, 1.807) is 14.2 Å². The maximum Gasteiger partial charge on any atom is 0.161 e. The molecule has 0 amide bonds. The Kier molecular flexibility index (Phi) is 5.53. The molecule has 1 heterocycles. The number of methoxy groups -OCH3 is 2. The van der Waals surface area contributed by atoms with Gasteiger partial charge in [0.05, 0.1) is 19.9 Å². The van der Waals surface area contributed by atoms with Gasteiger partial charge in [-0.25, -0.2) is 0 Å². The Morgan fingerprint density at radius 2 is 1.63 bits per heavy atom. The highest BCUT2D eigenvalue weighted by molar-refractivity contribution is 6.22. The number of benzene rings is 2. The molecular weight excluding hydrogens is 358 g/mol. The van der Waals surface area contributed by atoms with Gasteiger partial charge in [-0.05, 0) is 34.2 Å². The zero-order valence-electron chi connectivity index (χ0n) is 17.0. The Balaban J connectivity index is 2.01. The molecule has 2 unspecified atom stereocenters. The summed E-state index contributed by atoms with van der Waals surface area (Å²) in [5, 5.41) is 0. The Morgan fingerprint density at radius 1 is 1.04 bits per heavy atom. The van der Waals surface area contributed by atoms with Crippen LogP contribution < -0.4 is 9.47 Å². The van der Waals surface area contributed by atoms with Gasteiger partial charge in [-0.15, -0.1) is 0 Å². The van der Waals surface area contributed by atoms with Crippen LogP contribution in [0.1, 0.15) is 55.9 Å². The molecule has 2 aromatic rings. The lowest BCUT2D eigenvalue weighted by atomic mass is 9.83. The molecule has 1 aliphatic rings. The summed E-state index contributed by atoms with van der Waals surface area (Å²) < 4.78 is 11.0. The summed E-state index contributed by atoms with van der Waals surface area (Å²) in [5.41, 5.74) is 5.68. The molecule has 2 atom stereocenters. The zero-order chi connectivity index (χ0) is 19.8. The van der Waals surface area contributed by atoms with Crippen molar-refractivity contribution in [2.75, 3.05) is 14.2 Å². The van der Waals surface area contributed by atoms with E-state index in [1.807, 2.05) is 12.1 Å². The van der Waals surface area contributed by atoms with Crippen molar-refractivity contribution in [1.29, 1.82) is 0 Å². The second-order valence-corrected chi connectivity index (χ2v) is 8.61. The predicted octanol–water partition coefficient (Wildman–Crippen LogP) is 5.72.